The topological polar surface area (TPSA) is 75.3 Å². The van der Waals surface area contributed by atoms with Crippen LogP contribution in [0.4, 0.5) is 0 Å². The summed E-state index contributed by atoms with van der Waals surface area (Å²) in [5, 5.41) is 5.57. The van der Waals surface area contributed by atoms with Crippen molar-refractivity contribution in [1.82, 2.24) is 15.1 Å². The molecule has 0 saturated carbocycles. The van der Waals surface area contributed by atoms with Crippen molar-refractivity contribution in [3.8, 4) is 0 Å². The van der Waals surface area contributed by atoms with Crippen LogP contribution in [0.2, 0.25) is 0 Å². The SMILES string of the molecule is COCC(Cl)CN(C)C(=O)c1ccc(=O)[nH]n1. The maximum Gasteiger partial charge on any atom is 0.274 e. The number of halogens is 1. The first-order valence-electron chi connectivity index (χ1n) is 4.98. The van der Waals surface area contributed by atoms with Crippen LogP contribution in [0.15, 0.2) is 16.9 Å². The van der Waals surface area contributed by atoms with Crippen LogP contribution in [-0.2, 0) is 4.74 Å². The maximum absolute atomic E-state index is 11.8. The first kappa shape index (κ1) is 13.7. The van der Waals surface area contributed by atoms with E-state index in [1.54, 1.807) is 14.2 Å². The zero-order valence-corrected chi connectivity index (χ0v) is 10.4. The fourth-order valence-electron chi connectivity index (χ4n) is 1.27. The minimum absolute atomic E-state index is 0.174. The van der Waals surface area contributed by atoms with Gasteiger partial charge in [0.15, 0.2) is 0 Å². The first-order chi connectivity index (χ1) is 8.04. The maximum atomic E-state index is 11.8. The van der Waals surface area contributed by atoms with E-state index in [-0.39, 0.29) is 22.5 Å². The van der Waals surface area contributed by atoms with Gasteiger partial charge in [-0.15, -0.1) is 11.6 Å². The molecule has 1 amide bonds. The van der Waals surface area contributed by atoms with Gasteiger partial charge in [-0.2, -0.15) is 5.10 Å². The van der Waals surface area contributed by atoms with Crippen molar-refractivity contribution in [3.63, 3.8) is 0 Å². The minimum atomic E-state index is -0.348. The third kappa shape index (κ3) is 4.16. The van der Waals surface area contributed by atoms with E-state index in [9.17, 15) is 9.59 Å². The van der Waals surface area contributed by atoms with Gasteiger partial charge in [-0.3, -0.25) is 9.59 Å². The lowest BCUT2D eigenvalue weighted by atomic mass is 10.3. The average Bonchev–Trinajstić information content (AvgIpc) is 2.29. The number of amides is 1. The molecular weight excluding hydrogens is 246 g/mol. The van der Waals surface area contributed by atoms with Crippen LogP contribution in [0.25, 0.3) is 0 Å². The number of ether oxygens (including phenoxy) is 1. The van der Waals surface area contributed by atoms with Crippen LogP contribution < -0.4 is 5.56 Å². The lowest BCUT2D eigenvalue weighted by molar-refractivity contribution is 0.0774. The van der Waals surface area contributed by atoms with Crippen molar-refractivity contribution in [2.24, 2.45) is 0 Å². The first-order valence-corrected chi connectivity index (χ1v) is 5.42. The number of hydrogen-bond donors (Lipinski definition) is 1. The Hall–Kier alpha value is -1.40. The van der Waals surface area contributed by atoms with Crippen LogP contribution >= 0.6 is 11.6 Å². The van der Waals surface area contributed by atoms with E-state index in [4.69, 9.17) is 16.3 Å². The van der Waals surface area contributed by atoms with Gasteiger partial charge in [0, 0.05) is 26.8 Å². The lowest BCUT2D eigenvalue weighted by Gasteiger charge is -2.19. The van der Waals surface area contributed by atoms with Crippen molar-refractivity contribution >= 4 is 17.5 Å². The molecule has 0 aromatic carbocycles. The number of aromatic nitrogens is 2. The summed E-state index contributed by atoms with van der Waals surface area (Å²) in [5.74, 6) is -0.303. The van der Waals surface area contributed by atoms with Crippen LogP contribution in [0, 0.1) is 0 Å². The van der Waals surface area contributed by atoms with Crippen LogP contribution in [0.1, 0.15) is 10.5 Å². The molecular formula is C10H14ClN3O3. The van der Waals surface area contributed by atoms with E-state index in [2.05, 4.69) is 10.2 Å². The van der Waals surface area contributed by atoms with Crippen molar-refractivity contribution < 1.29 is 9.53 Å². The van der Waals surface area contributed by atoms with Crippen molar-refractivity contribution in [2.45, 2.75) is 5.38 Å². The number of alkyl halides is 1. The summed E-state index contributed by atoms with van der Waals surface area (Å²) in [5.41, 5.74) is -0.174. The second-order valence-electron chi connectivity index (χ2n) is 3.54. The molecule has 0 bridgehead atoms. The normalized spacial score (nSPS) is 12.2. The van der Waals surface area contributed by atoms with Gasteiger partial charge in [-0.1, -0.05) is 0 Å². The number of rotatable bonds is 5. The summed E-state index contributed by atoms with van der Waals surface area (Å²) in [4.78, 5) is 24.1. The Morgan fingerprint density at radius 1 is 1.65 bits per heavy atom. The molecule has 0 fully saturated rings. The molecule has 1 aromatic rings. The summed E-state index contributed by atoms with van der Waals surface area (Å²) in [6.45, 7) is 0.702. The van der Waals surface area contributed by atoms with Gasteiger partial charge in [-0.05, 0) is 6.07 Å². The van der Waals surface area contributed by atoms with Crippen molar-refractivity contribution in [1.29, 1.82) is 0 Å². The number of nitrogens with one attached hydrogen (secondary N) is 1. The zero-order chi connectivity index (χ0) is 12.8. The van der Waals surface area contributed by atoms with Crippen molar-refractivity contribution in [2.75, 3.05) is 27.3 Å². The highest BCUT2D eigenvalue weighted by molar-refractivity contribution is 6.21. The minimum Gasteiger partial charge on any atom is -0.383 e. The van der Waals surface area contributed by atoms with Gasteiger partial charge < -0.3 is 9.64 Å². The molecule has 0 aliphatic rings. The molecule has 0 radical (unpaired) electrons. The third-order valence-electron chi connectivity index (χ3n) is 2.06. The molecule has 1 N–H and O–H groups in total. The van der Waals surface area contributed by atoms with E-state index >= 15 is 0 Å². The number of hydrogen-bond acceptors (Lipinski definition) is 4. The fraction of sp³-hybridized carbons (Fsp3) is 0.500. The van der Waals surface area contributed by atoms with Crippen LogP contribution in [-0.4, -0.2) is 53.7 Å². The van der Waals surface area contributed by atoms with Crippen molar-refractivity contribution in [3.05, 3.63) is 28.2 Å². The molecule has 0 aliphatic carbocycles. The Labute approximate surface area is 104 Å². The highest BCUT2D eigenvalue weighted by atomic mass is 35.5. The quantitative estimate of drug-likeness (QED) is 0.761. The monoisotopic (exact) mass is 259 g/mol. The molecule has 7 heteroatoms. The van der Waals surface area contributed by atoms with Gasteiger partial charge in [-0.25, -0.2) is 5.10 Å². The second-order valence-corrected chi connectivity index (χ2v) is 4.16. The van der Waals surface area contributed by atoms with E-state index in [0.29, 0.717) is 13.2 Å². The smallest absolute Gasteiger partial charge is 0.274 e. The molecule has 6 nitrogen and oxygen atoms in total. The Kier molecular flexibility index (Phi) is 5.11. The molecule has 1 atom stereocenters. The van der Waals surface area contributed by atoms with Gasteiger partial charge in [0.1, 0.15) is 5.69 Å². The average molecular weight is 260 g/mol. The highest BCUT2D eigenvalue weighted by Crippen LogP contribution is 2.03. The Morgan fingerprint density at radius 2 is 2.35 bits per heavy atom. The van der Waals surface area contributed by atoms with Gasteiger partial charge >= 0.3 is 0 Å². The molecule has 94 valence electrons. The molecule has 17 heavy (non-hydrogen) atoms. The summed E-state index contributed by atoms with van der Waals surface area (Å²) >= 11 is 5.94. The molecule has 1 heterocycles. The summed E-state index contributed by atoms with van der Waals surface area (Å²) in [6.07, 6.45) is 0. The lowest BCUT2D eigenvalue weighted by Crippen LogP contribution is -2.34. The Balaban J connectivity index is 2.63. The molecule has 0 aliphatic heterocycles. The molecule has 0 spiro atoms. The summed E-state index contributed by atoms with van der Waals surface area (Å²) < 4.78 is 4.87. The van der Waals surface area contributed by atoms with Gasteiger partial charge in [0.25, 0.3) is 11.5 Å². The standard InChI is InChI=1S/C10H14ClN3O3/c1-14(5-7(11)6-17-2)10(16)8-3-4-9(15)13-12-8/h3-4,7H,5-6H2,1-2H3,(H,13,15). The number of carbonyl (C=O) groups excluding carboxylic acids is 1. The summed E-state index contributed by atoms with van der Waals surface area (Å²) in [6, 6.07) is 2.62. The van der Waals surface area contributed by atoms with Crippen LogP contribution in [0.5, 0.6) is 0 Å². The number of nitrogens with zero attached hydrogens (tertiary/aromatic N) is 2. The summed E-state index contributed by atoms with van der Waals surface area (Å²) in [7, 11) is 3.15. The number of carbonyl (C=O) groups is 1. The predicted molar refractivity (Wildman–Crippen MR) is 63.3 cm³/mol. The van der Waals surface area contributed by atoms with Crippen LogP contribution in [0.3, 0.4) is 0 Å². The number of methoxy groups -OCH3 is 1. The molecule has 1 aromatic heterocycles. The van der Waals surface area contributed by atoms with E-state index in [0.717, 1.165) is 0 Å². The number of aromatic amines is 1. The molecule has 1 rings (SSSR count). The fourth-order valence-corrected chi connectivity index (χ4v) is 1.61. The third-order valence-corrected chi connectivity index (χ3v) is 2.33. The molecule has 1 unspecified atom stereocenters. The molecule has 0 saturated heterocycles. The van der Waals surface area contributed by atoms with Gasteiger partial charge in [0.2, 0.25) is 0 Å². The van der Waals surface area contributed by atoms with E-state index in [1.807, 2.05) is 0 Å². The Morgan fingerprint density at radius 3 is 2.88 bits per heavy atom. The van der Waals surface area contributed by atoms with E-state index in [1.165, 1.54) is 17.0 Å². The zero-order valence-electron chi connectivity index (χ0n) is 9.64. The Bertz CT molecular complexity index is 415. The van der Waals surface area contributed by atoms with Gasteiger partial charge in [0.05, 0.1) is 12.0 Å². The number of H-pyrrole nitrogens is 1. The second kappa shape index (κ2) is 6.36. The predicted octanol–water partition coefficient (Wildman–Crippen LogP) is 0.0957. The largest absolute Gasteiger partial charge is 0.383 e. The van der Waals surface area contributed by atoms with E-state index < -0.39 is 0 Å². The highest BCUT2D eigenvalue weighted by Gasteiger charge is 2.16.